The molecule has 0 radical (unpaired) electrons. The molecule has 1 atom stereocenters. The van der Waals surface area contributed by atoms with Crippen LogP contribution in [0.15, 0.2) is 0 Å². The van der Waals surface area contributed by atoms with Gasteiger partial charge in [0.1, 0.15) is 0 Å². The fraction of sp³-hybridized carbons (Fsp3) is 0.938. The van der Waals surface area contributed by atoms with E-state index in [4.69, 9.17) is 0 Å². The molecule has 1 rings (SSSR count). The number of amides is 1. The van der Waals surface area contributed by atoms with Crippen molar-refractivity contribution in [3.8, 4) is 0 Å². The monoisotopic (exact) mass is 331 g/mol. The van der Waals surface area contributed by atoms with Crippen LogP contribution >= 0.6 is 15.9 Å². The number of alkyl halides is 1. The molecule has 1 N–H and O–H groups in total. The van der Waals surface area contributed by atoms with Gasteiger partial charge in [-0.15, -0.1) is 0 Å². The van der Waals surface area contributed by atoms with E-state index in [9.17, 15) is 4.79 Å². The Kier molecular flexibility index (Phi) is 8.76. The topological polar surface area (TPSA) is 29.1 Å². The van der Waals surface area contributed by atoms with Crippen molar-refractivity contribution in [2.45, 2.75) is 65.2 Å². The van der Waals surface area contributed by atoms with Crippen LogP contribution in [0.5, 0.6) is 0 Å². The van der Waals surface area contributed by atoms with Gasteiger partial charge in [-0.05, 0) is 43.9 Å². The lowest BCUT2D eigenvalue weighted by molar-refractivity contribution is -0.126. The van der Waals surface area contributed by atoms with Crippen LogP contribution in [-0.2, 0) is 4.79 Å². The van der Waals surface area contributed by atoms with Gasteiger partial charge in [-0.25, -0.2) is 0 Å². The highest BCUT2D eigenvalue weighted by Crippen LogP contribution is 2.31. The highest BCUT2D eigenvalue weighted by molar-refractivity contribution is 9.09. The van der Waals surface area contributed by atoms with Crippen molar-refractivity contribution in [2.24, 2.45) is 17.8 Å². The van der Waals surface area contributed by atoms with Gasteiger partial charge in [-0.3, -0.25) is 4.79 Å². The summed E-state index contributed by atoms with van der Waals surface area (Å²) in [6.45, 7) is 5.29. The first-order chi connectivity index (χ1) is 9.17. The molecule has 0 saturated heterocycles. The zero-order valence-corrected chi connectivity index (χ0v) is 14.2. The molecule has 112 valence electrons. The van der Waals surface area contributed by atoms with Gasteiger partial charge in [0.05, 0.1) is 0 Å². The number of unbranched alkanes of at least 4 members (excludes halogenated alkanes) is 1. The largest absolute Gasteiger partial charge is 0.356 e. The third kappa shape index (κ3) is 6.78. The highest BCUT2D eigenvalue weighted by Gasteiger charge is 2.25. The summed E-state index contributed by atoms with van der Waals surface area (Å²) in [7, 11) is 0. The van der Waals surface area contributed by atoms with Gasteiger partial charge in [-0.2, -0.15) is 0 Å². The predicted molar refractivity (Wildman–Crippen MR) is 85.6 cm³/mol. The van der Waals surface area contributed by atoms with E-state index in [0.717, 1.165) is 37.1 Å². The number of carbonyl (C=O) groups is 1. The van der Waals surface area contributed by atoms with Crippen LogP contribution < -0.4 is 5.32 Å². The minimum absolute atomic E-state index is 0.286. The average molecular weight is 332 g/mol. The summed E-state index contributed by atoms with van der Waals surface area (Å²) in [5.74, 6) is 2.05. The summed E-state index contributed by atoms with van der Waals surface area (Å²) in [6, 6.07) is 0. The molecule has 0 bridgehead atoms. The molecule has 19 heavy (non-hydrogen) atoms. The van der Waals surface area contributed by atoms with Gasteiger partial charge in [0.2, 0.25) is 5.91 Å². The molecule has 1 saturated carbocycles. The zero-order valence-electron chi connectivity index (χ0n) is 12.6. The second-order valence-corrected chi connectivity index (χ2v) is 6.98. The van der Waals surface area contributed by atoms with Gasteiger partial charge >= 0.3 is 0 Å². The first kappa shape index (κ1) is 17.0. The lowest BCUT2D eigenvalue weighted by atomic mass is 9.79. The molecule has 1 amide bonds. The van der Waals surface area contributed by atoms with Gasteiger partial charge in [0.15, 0.2) is 0 Å². The fourth-order valence-electron chi connectivity index (χ4n) is 2.91. The maximum absolute atomic E-state index is 12.1. The second kappa shape index (κ2) is 9.79. The smallest absolute Gasteiger partial charge is 0.223 e. The van der Waals surface area contributed by atoms with Gasteiger partial charge in [-0.1, -0.05) is 49.0 Å². The summed E-state index contributed by atoms with van der Waals surface area (Å²) >= 11 is 3.45. The number of hydrogen-bond donors (Lipinski definition) is 1. The third-order valence-electron chi connectivity index (χ3n) is 4.41. The Morgan fingerprint density at radius 1 is 1.32 bits per heavy atom. The van der Waals surface area contributed by atoms with Crippen molar-refractivity contribution in [3.63, 3.8) is 0 Å². The number of carbonyl (C=O) groups excluding carboxylic acids is 1. The Labute approximate surface area is 127 Å². The van der Waals surface area contributed by atoms with E-state index in [1.165, 1.54) is 32.1 Å². The molecule has 0 aromatic carbocycles. The van der Waals surface area contributed by atoms with Gasteiger partial charge in [0, 0.05) is 17.8 Å². The molecule has 0 aromatic heterocycles. The van der Waals surface area contributed by atoms with Crippen molar-refractivity contribution in [1.82, 2.24) is 5.32 Å². The lowest BCUT2D eigenvalue weighted by Gasteiger charge is -2.28. The van der Waals surface area contributed by atoms with E-state index in [1.54, 1.807) is 0 Å². The molecule has 0 aromatic rings. The van der Waals surface area contributed by atoms with E-state index < -0.39 is 0 Å². The Balaban J connectivity index is 2.17. The molecule has 0 spiro atoms. The summed E-state index contributed by atoms with van der Waals surface area (Å²) in [6.07, 6.45) is 9.87. The Morgan fingerprint density at radius 3 is 2.58 bits per heavy atom. The Hall–Kier alpha value is -0.0500. The van der Waals surface area contributed by atoms with Crippen molar-refractivity contribution in [2.75, 3.05) is 11.9 Å². The minimum atomic E-state index is 0.286. The molecule has 2 nitrogen and oxygen atoms in total. The van der Waals surface area contributed by atoms with E-state index in [1.807, 2.05) is 0 Å². The van der Waals surface area contributed by atoms with Crippen LogP contribution in [0.25, 0.3) is 0 Å². The summed E-state index contributed by atoms with van der Waals surface area (Å²) < 4.78 is 0. The molecule has 0 aliphatic heterocycles. The van der Waals surface area contributed by atoms with Crippen LogP contribution in [0.2, 0.25) is 0 Å². The van der Waals surface area contributed by atoms with Crippen LogP contribution in [0.1, 0.15) is 65.2 Å². The summed E-state index contributed by atoms with van der Waals surface area (Å²) in [5, 5.41) is 4.16. The highest BCUT2D eigenvalue weighted by atomic mass is 79.9. The molecular formula is C16H30BrNO. The summed E-state index contributed by atoms with van der Waals surface area (Å²) in [4.78, 5) is 12.1. The van der Waals surface area contributed by atoms with Crippen LogP contribution in [0, 0.1) is 17.8 Å². The standard InChI is InChI=1S/C16H30BrNO/c1-3-4-5-14-6-8-15(9-7-14)16(19)18-12-13(2)10-11-17/h13-15H,3-12H2,1-2H3,(H,18,19). The molecule has 0 heterocycles. The Bertz CT molecular complexity index is 249. The maximum atomic E-state index is 12.1. The first-order valence-corrected chi connectivity index (χ1v) is 9.13. The number of nitrogens with one attached hydrogen (secondary N) is 1. The predicted octanol–water partition coefficient (Wildman–Crippen LogP) is 4.52. The lowest BCUT2D eigenvalue weighted by Crippen LogP contribution is -2.35. The second-order valence-electron chi connectivity index (χ2n) is 6.19. The zero-order chi connectivity index (χ0) is 14.1. The SMILES string of the molecule is CCCCC1CCC(C(=O)NCC(C)CCBr)CC1. The van der Waals surface area contributed by atoms with Crippen molar-refractivity contribution in [3.05, 3.63) is 0 Å². The van der Waals surface area contributed by atoms with Gasteiger partial charge < -0.3 is 5.32 Å². The van der Waals surface area contributed by atoms with Crippen LogP contribution in [-0.4, -0.2) is 17.8 Å². The average Bonchev–Trinajstić information content (AvgIpc) is 2.43. The van der Waals surface area contributed by atoms with Crippen molar-refractivity contribution < 1.29 is 4.79 Å². The molecule has 1 aliphatic rings. The molecule has 1 aliphatic carbocycles. The van der Waals surface area contributed by atoms with Crippen molar-refractivity contribution >= 4 is 21.8 Å². The van der Waals surface area contributed by atoms with E-state index in [2.05, 4.69) is 35.1 Å². The van der Waals surface area contributed by atoms with E-state index >= 15 is 0 Å². The van der Waals surface area contributed by atoms with E-state index in [-0.39, 0.29) is 5.92 Å². The quantitative estimate of drug-likeness (QED) is 0.651. The maximum Gasteiger partial charge on any atom is 0.223 e. The van der Waals surface area contributed by atoms with Crippen LogP contribution in [0.4, 0.5) is 0 Å². The fourth-order valence-corrected chi connectivity index (χ4v) is 3.70. The molecule has 3 heteroatoms. The van der Waals surface area contributed by atoms with Crippen molar-refractivity contribution in [1.29, 1.82) is 0 Å². The molecule has 1 unspecified atom stereocenters. The number of hydrogen-bond acceptors (Lipinski definition) is 1. The van der Waals surface area contributed by atoms with Crippen LogP contribution in [0.3, 0.4) is 0 Å². The van der Waals surface area contributed by atoms with Gasteiger partial charge in [0.25, 0.3) is 0 Å². The molecular weight excluding hydrogens is 302 g/mol. The normalized spacial score (nSPS) is 25.0. The number of halogens is 1. The first-order valence-electron chi connectivity index (χ1n) is 8.01. The van der Waals surface area contributed by atoms with E-state index in [0.29, 0.717) is 11.8 Å². The number of rotatable bonds is 8. The third-order valence-corrected chi connectivity index (χ3v) is 4.87. The summed E-state index contributed by atoms with van der Waals surface area (Å²) in [5.41, 5.74) is 0. The minimum Gasteiger partial charge on any atom is -0.356 e. The Morgan fingerprint density at radius 2 is 2.00 bits per heavy atom. The molecule has 1 fully saturated rings.